The molecule has 0 fully saturated rings. The fraction of sp³-hybridized carbons (Fsp3) is 0.500. The fourth-order valence-electron chi connectivity index (χ4n) is 3.11. The molecule has 20 heavy (non-hydrogen) atoms. The average Bonchev–Trinajstić information content (AvgIpc) is 2.45. The molecular weight excluding hydrogens is 240 g/mol. The van der Waals surface area contributed by atoms with Gasteiger partial charge in [-0.25, -0.2) is 0 Å². The number of aryl methyl sites for hydroxylation is 2. The van der Waals surface area contributed by atoms with E-state index in [2.05, 4.69) is 58.0 Å². The minimum atomic E-state index is 0.833. The summed E-state index contributed by atoms with van der Waals surface area (Å²) in [6, 6.07) is 11.4. The Labute approximate surface area is 124 Å². The lowest BCUT2D eigenvalue weighted by atomic mass is 9.87. The molecule has 0 heterocycles. The van der Waals surface area contributed by atoms with Crippen LogP contribution in [0.25, 0.3) is 10.8 Å². The van der Waals surface area contributed by atoms with Crippen LogP contribution in [0.2, 0.25) is 0 Å². The van der Waals surface area contributed by atoms with E-state index in [0.717, 1.165) is 5.92 Å². The first-order chi connectivity index (χ1) is 9.65. The van der Waals surface area contributed by atoms with Crippen LogP contribution in [-0.2, 0) is 6.42 Å². The summed E-state index contributed by atoms with van der Waals surface area (Å²) in [6.45, 7) is 9.09. The Morgan fingerprint density at radius 1 is 1.00 bits per heavy atom. The largest absolute Gasteiger partial charge is 0.0654 e. The molecule has 2 aromatic rings. The third-order valence-corrected chi connectivity index (χ3v) is 4.56. The Balaban J connectivity index is 2.36. The third-order valence-electron chi connectivity index (χ3n) is 4.56. The lowest BCUT2D eigenvalue weighted by Gasteiger charge is -2.18. The fourth-order valence-corrected chi connectivity index (χ4v) is 3.11. The lowest BCUT2D eigenvalue weighted by molar-refractivity contribution is 0.449. The molecule has 1 unspecified atom stereocenters. The van der Waals surface area contributed by atoms with Gasteiger partial charge in [0.2, 0.25) is 0 Å². The van der Waals surface area contributed by atoms with Gasteiger partial charge in [-0.05, 0) is 48.1 Å². The molecule has 0 aromatic heterocycles. The number of hydrogen-bond acceptors (Lipinski definition) is 0. The van der Waals surface area contributed by atoms with Gasteiger partial charge in [-0.3, -0.25) is 0 Å². The van der Waals surface area contributed by atoms with Gasteiger partial charge in [-0.15, -0.1) is 0 Å². The SMILES string of the molecule is CCCCC(CC)Cc1c(C)ccc2ccc(C)cc12. The maximum absolute atomic E-state index is 2.37. The Morgan fingerprint density at radius 2 is 1.75 bits per heavy atom. The van der Waals surface area contributed by atoms with Crippen molar-refractivity contribution in [1.29, 1.82) is 0 Å². The molecule has 0 aliphatic carbocycles. The third kappa shape index (κ3) is 3.42. The zero-order valence-corrected chi connectivity index (χ0v) is 13.5. The van der Waals surface area contributed by atoms with Crippen LogP contribution in [0, 0.1) is 19.8 Å². The minimum Gasteiger partial charge on any atom is -0.0654 e. The molecule has 0 spiro atoms. The first kappa shape index (κ1) is 15.1. The maximum atomic E-state index is 2.37. The highest BCUT2D eigenvalue weighted by molar-refractivity contribution is 5.87. The monoisotopic (exact) mass is 268 g/mol. The molecule has 0 nitrogen and oxygen atoms in total. The Bertz CT molecular complexity index is 560. The number of fused-ring (bicyclic) bond motifs is 1. The zero-order chi connectivity index (χ0) is 14.5. The molecule has 1 atom stereocenters. The van der Waals surface area contributed by atoms with E-state index in [-0.39, 0.29) is 0 Å². The average molecular weight is 268 g/mol. The maximum Gasteiger partial charge on any atom is -0.0147 e. The summed E-state index contributed by atoms with van der Waals surface area (Å²) in [5.41, 5.74) is 4.40. The van der Waals surface area contributed by atoms with Crippen molar-refractivity contribution < 1.29 is 0 Å². The zero-order valence-electron chi connectivity index (χ0n) is 13.5. The van der Waals surface area contributed by atoms with Crippen molar-refractivity contribution in [3.05, 3.63) is 47.0 Å². The molecule has 2 rings (SSSR count). The highest BCUT2D eigenvalue weighted by atomic mass is 14.2. The summed E-state index contributed by atoms with van der Waals surface area (Å²) >= 11 is 0. The van der Waals surface area contributed by atoms with Crippen molar-refractivity contribution in [2.75, 3.05) is 0 Å². The van der Waals surface area contributed by atoms with Crippen LogP contribution in [0.5, 0.6) is 0 Å². The summed E-state index contributed by atoms with van der Waals surface area (Å²) in [5, 5.41) is 2.86. The molecule has 0 aliphatic heterocycles. The van der Waals surface area contributed by atoms with Gasteiger partial charge in [-0.1, -0.05) is 75.4 Å². The lowest BCUT2D eigenvalue weighted by Crippen LogP contribution is -2.05. The van der Waals surface area contributed by atoms with Crippen molar-refractivity contribution >= 4 is 10.8 Å². The molecule has 2 aromatic carbocycles. The molecule has 0 aliphatic rings. The Morgan fingerprint density at radius 3 is 2.45 bits per heavy atom. The highest BCUT2D eigenvalue weighted by Crippen LogP contribution is 2.28. The van der Waals surface area contributed by atoms with Crippen LogP contribution in [-0.4, -0.2) is 0 Å². The van der Waals surface area contributed by atoms with Gasteiger partial charge in [0.1, 0.15) is 0 Å². The number of unbranched alkanes of at least 4 members (excludes halogenated alkanes) is 1. The topological polar surface area (TPSA) is 0 Å². The predicted octanol–water partition coefficient (Wildman–Crippen LogP) is 6.22. The van der Waals surface area contributed by atoms with Gasteiger partial charge >= 0.3 is 0 Å². The van der Waals surface area contributed by atoms with Crippen molar-refractivity contribution in [1.82, 2.24) is 0 Å². The Hall–Kier alpha value is -1.30. The van der Waals surface area contributed by atoms with Gasteiger partial charge in [0, 0.05) is 0 Å². The molecule has 0 radical (unpaired) electrons. The second-order valence-electron chi connectivity index (χ2n) is 6.21. The molecule has 0 amide bonds. The molecular formula is C20H28. The molecule has 0 N–H and O–H groups in total. The normalized spacial score (nSPS) is 12.8. The van der Waals surface area contributed by atoms with E-state index in [1.165, 1.54) is 54.0 Å². The van der Waals surface area contributed by atoms with Crippen molar-refractivity contribution in [2.24, 2.45) is 5.92 Å². The van der Waals surface area contributed by atoms with Crippen LogP contribution in [0.15, 0.2) is 30.3 Å². The van der Waals surface area contributed by atoms with Gasteiger partial charge in [0.05, 0.1) is 0 Å². The van der Waals surface area contributed by atoms with Crippen LogP contribution in [0.1, 0.15) is 56.2 Å². The number of rotatable bonds is 6. The smallest absolute Gasteiger partial charge is 0.0147 e. The first-order valence-corrected chi connectivity index (χ1v) is 8.14. The van der Waals surface area contributed by atoms with E-state index < -0.39 is 0 Å². The van der Waals surface area contributed by atoms with Crippen LogP contribution in [0.4, 0.5) is 0 Å². The van der Waals surface area contributed by atoms with E-state index in [1.54, 1.807) is 5.56 Å². The molecule has 0 saturated heterocycles. The van der Waals surface area contributed by atoms with E-state index in [4.69, 9.17) is 0 Å². The number of hydrogen-bond donors (Lipinski definition) is 0. The summed E-state index contributed by atoms with van der Waals surface area (Å²) in [7, 11) is 0. The second-order valence-corrected chi connectivity index (χ2v) is 6.21. The molecule has 0 heteroatoms. The Kier molecular flexibility index (Phi) is 5.23. The predicted molar refractivity (Wildman–Crippen MR) is 90.4 cm³/mol. The summed E-state index contributed by atoms with van der Waals surface area (Å²) in [4.78, 5) is 0. The molecule has 108 valence electrons. The van der Waals surface area contributed by atoms with Gasteiger partial charge in [0.25, 0.3) is 0 Å². The standard InChI is InChI=1S/C20H28/c1-5-7-8-17(6-2)14-19-16(4)10-12-18-11-9-15(3)13-20(18)19/h9-13,17H,5-8,14H2,1-4H3. The molecule has 0 bridgehead atoms. The number of benzene rings is 2. The van der Waals surface area contributed by atoms with Crippen LogP contribution >= 0.6 is 0 Å². The van der Waals surface area contributed by atoms with Crippen molar-refractivity contribution in [3.8, 4) is 0 Å². The molecule has 0 saturated carbocycles. The summed E-state index contributed by atoms with van der Waals surface area (Å²) in [6.07, 6.45) is 6.57. The van der Waals surface area contributed by atoms with Crippen LogP contribution in [0.3, 0.4) is 0 Å². The van der Waals surface area contributed by atoms with E-state index in [1.807, 2.05) is 0 Å². The first-order valence-electron chi connectivity index (χ1n) is 8.14. The van der Waals surface area contributed by atoms with Crippen molar-refractivity contribution in [3.63, 3.8) is 0 Å². The highest BCUT2D eigenvalue weighted by Gasteiger charge is 2.12. The quantitative estimate of drug-likeness (QED) is 0.583. The van der Waals surface area contributed by atoms with E-state index >= 15 is 0 Å². The van der Waals surface area contributed by atoms with Gasteiger partial charge in [0.15, 0.2) is 0 Å². The van der Waals surface area contributed by atoms with E-state index in [0.29, 0.717) is 0 Å². The van der Waals surface area contributed by atoms with Gasteiger partial charge < -0.3 is 0 Å². The minimum absolute atomic E-state index is 0.833. The van der Waals surface area contributed by atoms with E-state index in [9.17, 15) is 0 Å². The van der Waals surface area contributed by atoms with Gasteiger partial charge in [-0.2, -0.15) is 0 Å². The van der Waals surface area contributed by atoms with Crippen LogP contribution < -0.4 is 0 Å². The summed E-state index contributed by atoms with van der Waals surface area (Å²) in [5.74, 6) is 0.833. The summed E-state index contributed by atoms with van der Waals surface area (Å²) < 4.78 is 0. The van der Waals surface area contributed by atoms with Crippen molar-refractivity contribution in [2.45, 2.75) is 59.8 Å². The second kappa shape index (κ2) is 6.92.